The van der Waals surface area contributed by atoms with Gasteiger partial charge in [-0.15, -0.1) is 23.1 Å². The van der Waals surface area contributed by atoms with Crippen molar-refractivity contribution < 1.29 is 0 Å². The summed E-state index contributed by atoms with van der Waals surface area (Å²) in [5, 5.41) is 0.790. The van der Waals surface area contributed by atoms with Crippen LogP contribution in [0.15, 0.2) is 45.1 Å². The number of hydrogen-bond donors (Lipinski definition) is 0. The van der Waals surface area contributed by atoms with E-state index >= 15 is 0 Å². The molecule has 0 atom stereocenters. The number of thiophene rings is 1. The Labute approximate surface area is 111 Å². The van der Waals surface area contributed by atoms with E-state index in [9.17, 15) is 0 Å². The lowest BCUT2D eigenvalue weighted by Crippen LogP contribution is -1.74. The van der Waals surface area contributed by atoms with Crippen LogP contribution < -0.4 is 0 Å². The minimum Gasteiger partial charge on any atom is -0.132 e. The Morgan fingerprint density at radius 2 is 1.87 bits per heavy atom. The molecule has 78 valence electrons. The first kappa shape index (κ1) is 11.5. The van der Waals surface area contributed by atoms with E-state index in [0.717, 1.165) is 10.8 Å². The number of halogens is 2. The van der Waals surface area contributed by atoms with Gasteiger partial charge in [0.2, 0.25) is 0 Å². The molecule has 0 aliphatic carbocycles. The van der Waals surface area contributed by atoms with Gasteiger partial charge in [0.15, 0.2) is 0 Å². The van der Waals surface area contributed by atoms with E-state index in [4.69, 9.17) is 11.6 Å². The van der Waals surface area contributed by atoms with E-state index in [1.165, 1.54) is 13.6 Å². The first-order valence-corrected chi connectivity index (χ1v) is 7.34. The SMILES string of the molecule is Clc1ccc(SCc2ccc(Br)s2)cc1. The van der Waals surface area contributed by atoms with Gasteiger partial charge in [-0.1, -0.05) is 11.6 Å². The van der Waals surface area contributed by atoms with Gasteiger partial charge in [-0.3, -0.25) is 0 Å². The molecule has 0 N–H and O–H groups in total. The fourth-order valence-electron chi connectivity index (χ4n) is 1.11. The zero-order valence-electron chi connectivity index (χ0n) is 7.74. The summed E-state index contributed by atoms with van der Waals surface area (Å²) in [5.41, 5.74) is 0. The molecule has 0 amide bonds. The molecule has 1 heterocycles. The number of rotatable bonds is 3. The summed E-state index contributed by atoms with van der Waals surface area (Å²) in [5.74, 6) is 1.01. The zero-order chi connectivity index (χ0) is 10.7. The number of benzene rings is 1. The summed E-state index contributed by atoms with van der Waals surface area (Å²) in [6.07, 6.45) is 0. The van der Waals surface area contributed by atoms with Gasteiger partial charge in [0.1, 0.15) is 0 Å². The van der Waals surface area contributed by atoms with E-state index in [0.29, 0.717) is 0 Å². The maximum Gasteiger partial charge on any atom is 0.0701 e. The molecule has 0 radical (unpaired) electrons. The third-order valence-corrected chi connectivity index (χ3v) is 4.94. The van der Waals surface area contributed by atoms with Crippen LogP contribution in [-0.2, 0) is 5.75 Å². The molecule has 0 spiro atoms. The van der Waals surface area contributed by atoms with Crippen molar-refractivity contribution in [2.24, 2.45) is 0 Å². The van der Waals surface area contributed by atoms with Crippen LogP contribution in [-0.4, -0.2) is 0 Å². The van der Waals surface area contributed by atoms with Gasteiger partial charge in [-0.25, -0.2) is 0 Å². The molecule has 4 heteroatoms. The van der Waals surface area contributed by atoms with Crippen molar-refractivity contribution in [1.82, 2.24) is 0 Å². The minimum atomic E-state index is 0.790. The number of hydrogen-bond acceptors (Lipinski definition) is 2. The predicted molar refractivity (Wildman–Crippen MR) is 73.0 cm³/mol. The predicted octanol–water partition coefficient (Wildman–Crippen LogP) is 5.46. The Hall–Kier alpha value is 0.0400. The largest absolute Gasteiger partial charge is 0.132 e. The summed E-state index contributed by atoms with van der Waals surface area (Å²) in [7, 11) is 0. The highest BCUT2D eigenvalue weighted by Gasteiger charge is 1.99. The van der Waals surface area contributed by atoms with E-state index in [1.54, 1.807) is 11.3 Å². The van der Waals surface area contributed by atoms with Gasteiger partial charge in [0, 0.05) is 20.5 Å². The molecule has 2 aromatic rings. The Morgan fingerprint density at radius 3 is 2.47 bits per heavy atom. The Bertz CT molecular complexity index is 436. The van der Waals surface area contributed by atoms with Crippen LogP contribution in [0, 0.1) is 0 Å². The third-order valence-electron chi connectivity index (χ3n) is 1.82. The first-order chi connectivity index (χ1) is 7.24. The molecule has 0 aliphatic heterocycles. The normalized spacial score (nSPS) is 10.5. The van der Waals surface area contributed by atoms with E-state index in [-0.39, 0.29) is 0 Å². The van der Waals surface area contributed by atoms with Crippen molar-refractivity contribution in [3.63, 3.8) is 0 Å². The van der Waals surface area contributed by atoms with Crippen LogP contribution in [0.25, 0.3) is 0 Å². The van der Waals surface area contributed by atoms with Crippen LogP contribution in [0.2, 0.25) is 5.02 Å². The summed E-state index contributed by atoms with van der Waals surface area (Å²) in [6.45, 7) is 0. The van der Waals surface area contributed by atoms with Gasteiger partial charge in [0.05, 0.1) is 3.79 Å². The lowest BCUT2D eigenvalue weighted by molar-refractivity contribution is 1.43. The van der Waals surface area contributed by atoms with Crippen molar-refractivity contribution in [2.75, 3.05) is 0 Å². The molecule has 0 aliphatic rings. The molecular formula is C11H8BrClS2. The Kier molecular flexibility index (Phi) is 4.14. The highest BCUT2D eigenvalue weighted by molar-refractivity contribution is 9.11. The van der Waals surface area contributed by atoms with E-state index < -0.39 is 0 Å². The summed E-state index contributed by atoms with van der Waals surface area (Å²) < 4.78 is 1.19. The smallest absolute Gasteiger partial charge is 0.0701 e. The minimum absolute atomic E-state index is 0.790. The average Bonchev–Trinajstić information content (AvgIpc) is 2.64. The van der Waals surface area contributed by atoms with E-state index in [1.807, 2.05) is 23.9 Å². The van der Waals surface area contributed by atoms with Crippen molar-refractivity contribution >= 4 is 50.6 Å². The Balaban J connectivity index is 1.96. The standard InChI is InChI=1S/C11H8BrClS2/c12-11-6-5-10(15-11)7-14-9-3-1-8(13)2-4-9/h1-6H,7H2. The van der Waals surface area contributed by atoms with Gasteiger partial charge < -0.3 is 0 Å². The van der Waals surface area contributed by atoms with E-state index in [2.05, 4.69) is 40.2 Å². The molecule has 0 saturated carbocycles. The maximum absolute atomic E-state index is 5.82. The van der Waals surface area contributed by atoms with Crippen molar-refractivity contribution in [1.29, 1.82) is 0 Å². The molecule has 0 bridgehead atoms. The molecule has 0 nitrogen and oxygen atoms in total. The lowest BCUT2D eigenvalue weighted by atomic mass is 10.4. The van der Waals surface area contributed by atoms with Crippen LogP contribution >= 0.6 is 50.6 Å². The van der Waals surface area contributed by atoms with Gasteiger partial charge in [-0.05, 0) is 52.3 Å². The highest BCUT2D eigenvalue weighted by atomic mass is 79.9. The first-order valence-electron chi connectivity index (χ1n) is 4.36. The molecule has 2 rings (SSSR count). The number of thioether (sulfide) groups is 1. The molecule has 1 aromatic heterocycles. The quantitative estimate of drug-likeness (QED) is 0.677. The fourth-order valence-corrected chi connectivity index (χ4v) is 3.67. The zero-order valence-corrected chi connectivity index (χ0v) is 11.7. The van der Waals surface area contributed by atoms with Crippen molar-refractivity contribution in [3.8, 4) is 0 Å². The fraction of sp³-hybridized carbons (Fsp3) is 0.0909. The average molecular weight is 320 g/mol. The second kappa shape index (κ2) is 5.39. The maximum atomic E-state index is 5.82. The molecule has 15 heavy (non-hydrogen) atoms. The molecule has 0 unspecified atom stereocenters. The molecule has 0 saturated heterocycles. The second-order valence-corrected chi connectivity index (χ2v) is 6.98. The van der Waals surface area contributed by atoms with Gasteiger partial charge in [-0.2, -0.15) is 0 Å². The third kappa shape index (κ3) is 3.52. The van der Waals surface area contributed by atoms with Crippen LogP contribution in [0.3, 0.4) is 0 Å². The van der Waals surface area contributed by atoms with Gasteiger partial charge in [0.25, 0.3) is 0 Å². The molecule has 0 fully saturated rings. The molecule has 1 aromatic carbocycles. The summed E-state index contributed by atoms with van der Waals surface area (Å²) in [6, 6.07) is 12.2. The van der Waals surface area contributed by atoms with Gasteiger partial charge >= 0.3 is 0 Å². The van der Waals surface area contributed by atoms with Crippen molar-refractivity contribution in [3.05, 3.63) is 50.1 Å². The summed E-state index contributed by atoms with van der Waals surface area (Å²) in [4.78, 5) is 2.63. The monoisotopic (exact) mass is 318 g/mol. The molecular weight excluding hydrogens is 312 g/mol. The van der Waals surface area contributed by atoms with Crippen molar-refractivity contribution in [2.45, 2.75) is 10.6 Å². The Morgan fingerprint density at radius 1 is 1.13 bits per heavy atom. The topological polar surface area (TPSA) is 0 Å². The second-order valence-electron chi connectivity index (χ2n) is 2.95. The highest BCUT2D eigenvalue weighted by Crippen LogP contribution is 2.29. The summed E-state index contributed by atoms with van der Waals surface area (Å²) >= 11 is 12.9. The van der Waals surface area contributed by atoms with Crippen LogP contribution in [0.1, 0.15) is 4.88 Å². The van der Waals surface area contributed by atoms with Crippen LogP contribution in [0.5, 0.6) is 0 Å². The lowest BCUT2D eigenvalue weighted by Gasteiger charge is -1.99. The van der Waals surface area contributed by atoms with Crippen LogP contribution in [0.4, 0.5) is 0 Å².